The van der Waals surface area contributed by atoms with E-state index in [-0.39, 0.29) is 16.8 Å². The fraction of sp³-hybridized carbons (Fsp3) is 0.400. The van der Waals surface area contributed by atoms with Crippen molar-refractivity contribution in [3.05, 3.63) is 12.8 Å². The first kappa shape index (κ1) is 22.8. The Labute approximate surface area is 117 Å². The van der Waals surface area contributed by atoms with E-state index in [1.165, 1.54) is 0 Å². The summed E-state index contributed by atoms with van der Waals surface area (Å²) in [6.45, 7) is 2.08. The molecule has 0 aromatic heterocycles. The Morgan fingerprint density at radius 2 is 0.947 bits per heavy atom. The smallest absolute Gasteiger partial charge is 0.334 e. The van der Waals surface area contributed by atoms with E-state index in [9.17, 15) is 36.7 Å². The SMILES string of the molecule is CC(=O)[CH-]C(=O)C(F)F.CC(=O)[CH-]C(=O)C(F)F.[Co+2]. The van der Waals surface area contributed by atoms with Gasteiger partial charge in [0.15, 0.2) is 0 Å². The number of hydrogen-bond donors (Lipinski definition) is 0. The van der Waals surface area contributed by atoms with Gasteiger partial charge < -0.3 is 19.2 Å². The van der Waals surface area contributed by atoms with Crippen LogP contribution in [0.1, 0.15) is 13.8 Å². The normalized spacial score (nSPS) is 8.84. The number of halogens is 4. The zero-order valence-corrected chi connectivity index (χ0v) is 10.8. The Balaban J connectivity index is -0.000000256. The van der Waals surface area contributed by atoms with Crippen molar-refractivity contribution in [2.75, 3.05) is 0 Å². The van der Waals surface area contributed by atoms with E-state index in [0.717, 1.165) is 13.8 Å². The summed E-state index contributed by atoms with van der Waals surface area (Å²) in [5.74, 6) is -4.16. The van der Waals surface area contributed by atoms with Crippen molar-refractivity contribution in [2.24, 2.45) is 0 Å². The second-order valence-electron chi connectivity index (χ2n) is 2.92. The van der Waals surface area contributed by atoms with Gasteiger partial charge in [-0.05, 0) is 13.8 Å². The van der Waals surface area contributed by atoms with Gasteiger partial charge in [-0.25, -0.2) is 17.6 Å². The van der Waals surface area contributed by atoms with Crippen LogP contribution in [0.5, 0.6) is 0 Å². The van der Waals surface area contributed by atoms with E-state index in [4.69, 9.17) is 0 Å². The molecule has 1 radical (unpaired) electrons. The van der Waals surface area contributed by atoms with Crippen LogP contribution in [0.15, 0.2) is 0 Å². The van der Waals surface area contributed by atoms with E-state index >= 15 is 0 Å². The molecule has 0 unspecified atom stereocenters. The van der Waals surface area contributed by atoms with Crippen LogP contribution < -0.4 is 0 Å². The predicted octanol–water partition coefficient (Wildman–Crippen LogP) is 1.23. The largest absolute Gasteiger partial charge is 2.00 e. The Hall–Kier alpha value is -1.35. The molecule has 4 nitrogen and oxygen atoms in total. The van der Waals surface area contributed by atoms with Crippen molar-refractivity contribution in [1.29, 1.82) is 0 Å². The van der Waals surface area contributed by atoms with Crippen molar-refractivity contribution in [2.45, 2.75) is 26.7 Å². The van der Waals surface area contributed by atoms with Crippen LogP contribution in [0, 0.1) is 12.8 Å². The summed E-state index contributed by atoms with van der Waals surface area (Å²) >= 11 is 0. The number of ketones is 4. The molecule has 0 aliphatic heterocycles. The Bertz CT molecular complexity index is 299. The summed E-state index contributed by atoms with van der Waals surface area (Å²) < 4.78 is 45.0. The second kappa shape index (κ2) is 11.7. The number of carbonyl (C=O) groups excluding carboxylic acids is 4. The van der Waals surface area contributed by atoms with Crippen LogP contribution in [0.2, 0.25) is 0 Å². The zero-order chi connectivity index (χ0) is 14.9. The number of Topliss-reactive ketones (excluding diaryl/α,β-unsaturated/α-hetero) is 4. The second-order valence-corrected chi connectivity index (χ2v) is 2.92. The van der Waals surface area contributed by atoms with Gasteiger partial charge in [0.1, 0.15) is 0 Å². The van der Waals surface area contributed by atoms with Crippen molar-refractivity contribution >= 4 is 23.1 Å². The fourth-order valence-electron chi connectivity index (χ4n) is 0.527. The molecule has 0 bridgehead atoms. The summed E-state index contributed by atoms with van der Waals surface area (Å²) in [7, 11) is 0. The van der Waals surface area contributed by atoms with Crippen LogP contribution in [-0.2, 0) is 36.0 Å². The minimum atomic E-state index is -3.06. The summed E-state index contributed by atoms with van der Waals surface area (Å²) in [6, 6.07) is 0. The van der Waals surface area contributed by atoms with Gasteiger partial charge in [0, 0.05) is 11.6 Å². The molecule has 0 saturated heterocycles. The molecule has 0 aliphatic carbocycles. The molecule has 0 spiro atoms. The quantitative estimate of drug-likeness (QED) is 0.418. The molecule has 0 aliphatic rings. The van der Waals surface area contributed by atoms with E-state index < -0.39 is 36.0 Å². The maximum atomic E-state index is 11.3. The standard InChI is InChI=1S/2C5H5F2O2.Co/c2*1-3(8)2-4(9)5(6)7;/h2*2,5H,1H3;/q2*-1;+2. The van der Waals surface area contributed by atoms with Crippen LogP contribution in [-0.4, -0.2) is 36.0 Å². The van der Waals surface area contributed by atoms with Gasteiger partial charge >= 0.3 is 16.8 Å². The minimum absolute atomic E-state index is 0. The molecule has 0 saturated carbocycles. The minimum Gasteiger partial charge on any atom is -0.334 e. The zero-order valence-electron chi connectivity index (χ0n) is 9.79. The maximum absolute atomic E-state index is 11.3. The molecular weight excluding hydrogens is 319 g/mol. The molecule has 0 aromatic carbocycles. The van der Waals surface area contributed by atoms with Crippen LogP contribution >= 0.6 is 0 Å². The van der Waals surface area contributed by atoms with E-state index in [0.29, 0.717) is 12.8 Å². The molecule has 0 amide bonds. The van der Waals surface area contributed by atoms with Crippen molar-refractivity contribution in [1.82, 2.24) is 0 Å². The fourth-order valence-corrected chi connectivity index (χ4v) is 0.527. The molecule has 0 fully saturated rings. The first-order chi connectivity index (χ1) is 8.07. The topological polar surface area (TPSA) is 68.3 Å². The number of hydrogen-bond acceptors (Lipinski definition) is 4. The van der Waals surface area contributed by atoms with Gasteiger partial charge in [0.25, 0.3) is 12.9 Å². The van der Waals surface area contributed by atoms with E-state index in [1.54, 1.807) is 0 Å². The van der Waals surface area contributed by atoms with E-state index in [2.05, 4.69) is 0 Å². The molecule has 0 rings (SSSR count). The molecular formula is C10H10CoF4O4. The number of alkyl halides is 4. The molecule has 0 atom stereocenters. The number of carbonyl (C=O) groups is 4. The van der Waals surface area contributed by atoms with Crippen LogP contribution in [0.25, 0.3) is 0 Å². The van der Waals surface area contributed by atoms with E-state index in [1.807, 2.05) is 0 Å². The van der Waals surface area contributed by atoms with Crippen molar-refractivity contribution in [3.63, 3.8) is 0 Å². The van der Waals surface area contributed by atoms with Crippen molar-refractivity contribution in [3.8, 4) is 0 Å². The van der Waals surface area contributed by atoms with Gasteiger partial charge in [-0.1, -0.05) is 0 Å². The first-order valence-corrected chi connectivity index (χ1v) is 4.42. The predicted molar refractivity (Wildman–Crippen MR) is 52.0 cm³/mol. The van der Waals surface area contributed by atoms with Gasteiger partial charge in [-0.15, -0.1) is 0 Å². The van der Waals surface area contributed by atoms with Crippen molar-refractivity contribution < 1.29 is 53.5 Å². The summed E-state index contributed by atoms with van der Waals surface area (Å²) in [5, 5.41) is 0. The third-order valence-corrected chi connectivity index (χ3v) is 1.12. The van der Waals surface area contributed by atoms with Gasteiger partial charge in [0.2, 0.25) is 0 Å². The summed E-state index contributed by atoms with van der Waals surface area (Å²) in [5.41, 5.74) is 0. The molecule has 0 aromatic rings. The van der Waals surface area contributed by atoms with Crippen LogP contribution in [0.4, 0.5) is 17.6 Å². The molecule has 9 heteroatoms. The molecule has 0 heterocycles. The van der Waals surface area contributed by atoms with Gasteiger partial charge in [-0.2, -0.15) is 0 Å². The summed E-state index contributed by atoms with van der Waals surface area (Å²) in [6.07, 6.45) is -5.36. The summed E-state index contributed by atoms with van der Waals surface area (Å²) in [4.78, 5) is 39.8. The third kappa shape index (κ3) is 16.6. The first-order valence-electron chi connectivity index (χ1n) is 4.42. The van der Waals surface area contributed by atoms with Crippen LogP contribution in [0.3, 0.4) is 0 Å². The Morgan fingerprint density at radius 3 is 1.00 bits per heavy atom. The third-order valence-electron chi connectivity index (χ3n) is 1.12. The number of rotatable bonds is 6. The average Bonchev–Trinajstić information content (AvgIpc) is 2.16. The molecule has 19 heavy (non-hydrogen) atoms. The van der Waals surface area contributed by atoms with Gasteiger partial charge in [0.05, 0.1) is 11.6 Å². The molecule has 0 N–H and O–H groups in total. The molecule has 111 valence electrons. The monoisotopic (exact) mass is 329 g/mol. The van der Waals surface area contributed by atoms with Gasteiger partial charge in [-0.3, -0.25) is 12.8 Å². The average molecular weight is 329 g/mol. The Kier molecular flexibility index (Phi) is 14.1. The Morgan fingerprint density at radius 1 is 0.737 bits per heavy atom. The maximum Gasteiger partial charge on any atom is 2.00 e.